The van der Waals surface area contributed by atoms with Crippen molar-refractivity contribution in [1.82, 2.24) is 9.88 Å². The Morgan fingerprint density at radius 1 is 1.12 bits per heavy atom. The van der Waals surface area contributed by atoms with Gasteiger partial charge in [0.1, 0.15) is 0 Å². The van der Waals surface area contributed by atoms with Gasteiger partial charge in [-0.15, -0.1) is 0 Å². The van der Waals surface area contributed by atoms with E-state index in [1.807, 2.05) is 12.1 Å². The molecule has 2 aromatic carbocycles. The summed E-state index contributed by atoms with van der Waals surface area (Å²) in [6, 6.07) is 14.2. The van der Waals surface area contributed by atoms with Gasteiger partial charge in [0, 0.05) is 53.4 Å². The van der Waals surface area contributed by atoms with Crippen LogP contribution in [-0.2, 0) is 17.8 Å². The molecule has 0 amide bonds. The van der Waals surface area contributed by atoms with Crippen molar-refractivity contribution in [2.75, 3.05) is 20.3 Å². The van der Waals surface area contributed by atoms with Crippen LogP contribution in [0.25, 0.3) is 10.9 Å². The van der Waals surface area contributed by atoms with Crippen molar-refractivity contribution in [1.29, 1.82) is 0 Å². The van der Waals surface area contributed by atoms with Crippen LogP contribution in [0.3, 0.4) is 0 Å². The van der Waals surface area contributed by atoms with Crippen LogP contribution in [0.4, 0.5) is 0 Å². The van der Waals surface area contributed by atoms with E-state index in [-0.39, 0.29) is 0 Å². The highest BCUT2D eigenvalue weighted by Gasteiger charge is 2.14. The molecule has 0 aliphatic carbocycles. The first kappa shape index (κ1) is 18.3. The first-order valence-electron chi connectivity index (χ1n) is 8.32. The maximum Gasteiger partial charge on any atom is 0.0587 e. The highest BCUT2D eigenvalue weighted by Crippen LogP contribution is 2.29. The molecule has 1 N–H and O–H groups in total. The molecule has 0 bridgehead atoms. The number of nitrogens with one attached hydrogen (secondary N) is 1. The molecule has 132 valence electrons. The molecule has 0 spiro atoms. The molecule has 1 heterocycles. The predicted molar refractivity (Wildman–Crippen MR) is 106 cm³/mol. The van der Waals surface area contributed by atoms with Gasteiger partial charge in [0.15, 0.2) is 0 Å². The molecule has 0 aliphatic rings. The Kier molecular flexibility index (Phi) is 6.02. The van der Waals surface area contributed by atoms with Crippen LogP contribution in [0.2, 0.25) is 10.0 Å². The van der Waals surface area contributed by atoms with Gasteiger partial charge in [0.05, 0.1) is 6.61 Å². The summed E-state index contributed by atoms with van der Waals surface area (Å²) in [6.07, 6.45) is 0. The quantitative estimate of drug-likeness (QED) is 0.584. The van der Waals surface area contributed by atoms with Gasteiger partial charge < -0.3 is 14.6 Å². The lowest BCUT2D eigenvalue weighted by Gasteiger charge is -2.11. The van der Waals surface area contributed by atoms with Crippen LogP contribution in [0.15, 0.2) is 42.5 Å². The zero-order chi connectivity index (χ0) is 17.8. The topological polar surface area (TPSA) is 26.2 Å². The predicted octanol–water partition coefficient (Wildman–Crippen LogP) is 5.04. The highest BCUT2D eigenvalue weighted by atomic mass is 35.5. The smallest absolute Gasteiger partial charge is 0.0587 e. The minimum absolute atomic E-state index is 0.658. The summed E-state index contributed by atoms with van der Waals surface area (Å²) in [4.78, 5) is 0. The fourth-order valence-electron chi connectivity index (χ4n) is 3.14. The van der Waals surface area contributed by atoms with E-state index >= 15 is 0 Å². The summed E-state index contributed by atoms with van der Waals surface area (Å²) in [5.41, 5.74) is 4.84. The second-order valence-electron chi connectivity index (χ2n) is 6.07. The Balaban J connectivity index is 1.96. The summed E-state index contributed by atoms with van der Waals surface area (Å²) in [6.45, 7) is 5.24. The van der Waals surface area contributed by atoms with Crippen LogP contribution in [-0.4, -0.2) is 24.8 Å². The van der Waals surface area contributed by atoms with E-state index in [2.05, 4.69) is 41.1 Å². The third-order valence-electron chi connectivity index (χ3n) is 4.49. The Morgan fingerprint density at radius 2 is 1.92 bits per heavy atom. The van der Waals surface area contributed by atoms with Gasteiger partial charge >= 0.3 is 0 Å². The van der Waals surface area contributed by atoms with E-state index in [1.54, 1.807) is 13.2 Å². The molecule has 3 rings (SSSR count). The summed E-state index contributed by atoms with van der Waals surface area (Å²) in [7, 11) is 1.72. The van der Waals surface area contributed by atoms with E-state index in [4.69, 9.17) is 27.9 Å². The zero-order valence-corrected chi connectivity index (χ0v) is 16.0. The van der Waals surface area contributed by atoms with Gasteiger partial charge in [0.25, 0.3) is 0 Å². The van der Waals surface area contributed by atoms with Crippen molar-refractivity contribution in [3.63, 3.8) is 0 Å². The number of hydrogen-bond acceptors (Lipinski definition) is 2. The van der Waals surface area contributed by atoms with Crippen LogP contribution in [0, 0.1) is 6.92 Å². The van der Waals surface area contributed by atoms with E-state index in [0.29, 0.717) is 16.7 Å². The lowest BCUT2D eigenvalue weighted by molar-refractivity contribution is 0.199. The molecule has 0 atom stereocenters. The maximum atomic E-state index is 6.38. The number of methoxy groups -OCH3 is 1. The van der Waals surface area contributed by atoms with Gasteiger partial charge in [-0.2, -0.15) is 0 Å². The number of ether oxygens (including phenoxy) is 1. The van der Waals surface area contributed by atoms with Crippen molar-refractivity contribution in [3.05, 3.63) is 69.3 Å². The molecule has 0 saturated heterocycles. The number of benzene rings is 2. The Morgan fingerprint density at radius 3 is 2.68 bits per heavy atom. The second kappa shape index (κ2) is 8.24. The first-order valence-corrected chi connectivity index (χ1v) is 9.07. The van der Waals surface area contributed by atoms with Crippen molar-refractivity contribution < 1.29 is 4.74 Å². The number of rotatable bonds is 7. The molecule has 0 fully saturated rings. The van der Waals surface area contributed by atoms with Crippen molar-refractivity contribution in [2.45, 2.75) is 20.0 Å². The summed E-state index contributed by atoms with van der Waals surface area (Å²) < 4.78 is 7.43. The average molecular weight is 377 g/mol. The number of fused-ring (bicyclic) bond motifs is 1. The Labute approximate surface area is 158 Å². The average Bonchev–Trinajstić information content (AvgIpc) is 2.86. The monoisotopic (exact) mass is 376 g/mol. The molecule has 0 aliphatic heterocycles. The summed E-state index contributed by atoms with van der Waals surface area (Å²) >= 11 is 12.4. The fraction of sp³-hybridized carbons (Fsp3) is 0.300. The molecule has 25 heavy (non-hydrogen) atoms. The zero-order valence-electron chi connectivity index (χ0n) is 14.5. The normalized spacial score (nSPS) is 11.4. The minimum atomic E-state index is 0.658. The molecular formula is C20H22Cl2N2O. The van der Waals surface area contributed by atoms with Crippen molar-refractivity contribution in [3.8, 4) is 0 Å². The van der Waals surface area contributed by atoms with Crippen molar-refractivity contribution in [2.24, 2.45) is 0 Å². The molecule has 5 heteroatoms. The maximum absolute atomic E-state index is 6.38. The molecule has 1 aromatic heterocycles. The molecule has 0 unspecified atom stereocenters. The standard InChI is InChI=1S/C20H22Cl2N2O/c1-14-18(12-23-9-10-25-2)17-5-3-4-6-20(17)24(14)13-15-7-8-16(21)11-19(15)22/h3-8,11,23H,9-10,12-13H2,1-2H3. The second-order valence-corrected chi connectivity index (χ2v) is 6.92. The minimum Gasteiger partial charge on any atom is -0.383 e. The van der Waals surface area contributed by atoms with Crippen molar-refractivity contribution >= 4 is 34.1 Å². The molecule has 0 saturated carbocycles. The van der Waals surface area contributed by atoms with Crippen LogP contribution in [0.5, 0.6) is 0 Å². The van der Waals surface area contributed by atoms with Gasteiger partial charge in [-0.05, 0) is 36.2 Å². The molecule has 3 nitrogen and oxygen atoms in total. The third-order valence-corrected chi connectivity index (χ3v) is 5.08. The number of nitrogens with zero attached hydrogens (tertiary/aromatic N) is 1. The lowest BCUT2D eigenvalue weighted by atomic mass is 10.1. The van der Waals surface area contributed by atoms with Crippen LogP contribution >= 0.6 is 23.2 Å². The van der Waals surface area contributed by atoms with E-state index in [9.17, 15) is 0 Å². The first-order chi connectivity index (χ1) is 12.1. The van der Waals surface area contributed by atoms with Gasteiger partial charge in [-0.1, -0.05) is 47.5 Å². The summed E-state index contributed by atoms with van der Waals surface area (Å²) in [5.74, 6) is 0. The molecule has 0 radical (unpaired) electrons. The lowest BCUT2D eigenvalue weighted by Crippen LogP contribution is -2.19. The third kappa shape index (κ3) is 4.01. The van der Waals surface area contributed by atoms with Crippen LogP contribution < -0.4 is 5.32 Å². The van der Waals surface area contributed by atoms with Crippen LogP contribution in [0.1, 0.15) is 16.8 Å². The van der Waals surface area contributed by atoms with E-state index < -0.39 is 0 Å². The fourth-order valence-corrected chi connectivity index (χ4v) is 3.61. The Bertz CT molecular complexity index is 874. The van der Waals surface area contributed by atoms with Gasteiger partial charge in [-0.25, -0.2) is 0 Å². The SMILES string of the molecule is COCCNCc1c(C)n(Cc2ccc(Cl)cc2Cl)c2ccccc12. The molecular weight excluding hydrogens is 355 g/mol. The molecule has 3 aromatic rings. The van der Waals surface area contributed by atoms with Gasteiger partial charge in [0.2, 0.25) is 0 Å². The number of halogens is 2. The largest absolute Gasteiger partial charge is 0.383 e. The Hall–Kier alpha value is -1.52. The number of para-hydroxylation sites is 1. The van der Waals surface area contributed by atoms with E-state index in [1.165, 1.54) is 22.2 Å². The summed E-state index contributed by atoms with van der Waals surface area (Å²) in [5, 5.41) is 6.08. The number of aromatic nitrogens is 1. The number of hydrogen-bond donors (Lipinski definition) is 1. The van der Waals surface area contributed by atoms with Gasteiger partial charge in [-0.3, -0.25) is 0 Å². The van der Waals surface area contributed by atoms with E-state index in [0.717, 1.165) is 25.2 Å². The highest BCUT2D eigenvalue weighted by molar-refractivity contribution is 6.35.